The zero-order valence-electron chi connectivity index (χ0n) is 9.61. The van der Waals surface area contributed by atoms with Crippen LogP contribution in [-0.4, -0.2) is 13.1 Å². The number of benzene rings is 1. The molecule has 2 N–H and O–H groups in total. The lowest BCUT2D eigenvalue weighted by Gasteiger charge is -2.36. The zero-order chi connectivity index (χ0) is 10.8. The van der Waals surface area contributed by atoms with Crippen LogP contribution in [0.4, 0.5) is 11.4 Å². The van der Waals surface area contributed by atoms with Crippen molar-refractivity contribution >= 4 is 11.4 Å². The van der Waals surface area contributed by atoms with E-state index in [1.54, 1.807) is 0 Å². The molecule has 0 aromatic heterocycles. The first kappa shape index (κ1) is 10.3. The summed E-state index contributed by atoms with van der Waals surface area (Å²) in [5.74, 6) is 1.57. The normalized spacial score (nSPS) is 26.7. The molecule has 2 heteroatoms. The summed E-state index contributed by atoms with van der Waals surface area (Å²) >= 11 is 0. The van der Waals surface area contributed by atoms with E-state index in [-0.39, 0.29) is 0 Å². The van der Waals surface area contributed by atoms with Gasteiger partial charge in [-0.1, -0.05) is 19.9 Å². The number of piperidine rings is 1. The molecule has 0 amide bonds. The van der Waals surface area contributed by atoms with Crippen molar-refractivity contribution in [2.45, 2.75) is 20.3 Å². The summed E-state index contributed by atoms with van der Waals surface area (Å²) in [4.78, 5) is 2.45. The average Bonchev–Trinajstić information content (AvgIpc) is 2.16. The smallest absolute Gasteiger partial charge is 0.0387 e. The fourth-order valence-electron chi connectivity index (χ4n) is 2.60. The molecule has 1 saturated heterocycles. The molecular weight excluding hydrogens is 184 g/mol. The highest BCUT2D eigenvalue weighted by molar-refractivity contribution is 5.56. The van der Waals surface area contributed by atoms with Gasteiger partial charge in [0, 0.05) is 24.5 Å². The Morgan fingerprint density at radius 1 is 1.20 bits per heavy atom. The first-order valence-corrected chi connectivity index (χ1v) is 5.75. The van der Waals surface area contributed by atoms with Gasteiger partial charge in [-0.05, 0) is 36.5 Å². The van der Waals surface area contributed by atoms with Crippen molar-refractivity contribution in [3.63, 3.8) is 0 Å². The monoisotopic (exact) mass is 204 g/mol. The molecule has 0 bridgehead atoms. The molecule has 1 aromatic carbocycles. The predicted molar refractivity (Wildman–Crippen MR) is 66.0 cm³/mol. The summed E-state index contributed by atoms with van der Waals surface area (Å²) in [5.41, 5.74) is 7.94. The van der Waals surface area contributed by atoms with Crippen LogP contribution in [0.25, 0.3) is 0 Å². The van der Waals surface area contributed by atoms with E-state index in [4.69, 9.17) is 5.73 Å². The van der Waals surface area contributed by atoms with Gasteiger partial charge in [-0.2, -0.15) is 0 Å². The van der Waals surface area contributed by atoms with E-state index in [9.17, 15) is 0 Å². The van der Waals surface area contributed by atoms with Gasteiger partial charge in [0.2, 0.25) is 0 Å². The summed E-state index contributed by atoms with van der Waals surface area (Å²) in [6, 6.07) is 8.21. The number of rotatable bonds is 1. The Balaban J connectivity index is 2.16. The molecule has 0 radical (unpaired) electrons. The fourth-order valence-corrected chi connectivity index (χ4v) is 2.60. The highest BCUT2D eigenvalue weighted by Gasteiger charge is 2.21. The molecule has 0 saturated carbocycles. The van der Waals surface area contributed by atoms with E-state index in [1.165, 1.54) is 12.1 Å². The van der Waals surface area contributed by atoms with Gasteiger partial charge in [0.05, 0.1) is 0 Å². The van der Waals surface area contributed by atoms with E-state index in [0.717, 1.165) is 30.6 Å². The highest BCUT2D eigenvalue weighted by atomic mass is 15.1. The third-order valence-corrected chi connectivity index (χ3v) is 3.10. The number of hydrogen-bond acceptors (Lipinski definition) is 2. The quantitative estimate of drug-likeness (QED) is 0.713. The topological polar surface area (TPSA) is 29.3 Å². The maximum Gasteiger partial charge on any atom is 0.0387 e. The summed E-state index contributed by atoms with van der Waals surface area (Å²) < 4.78 is 0. The van der Waals surface area contributed by atoms with Gasteiger partial charge in [0.1, 0.15) is 0 Å². The SMILES string of the molecule is C[C@@H]1C[C@@H](C)CN(c2cccc(N)c2)C1. The van der Waals surface area contributed by atoms with E-state index in [0.29, 0.717) is 0 Å². The van der Waals surface area contributed by atoms with Crippen LogP contribution in [0.2, 0.25) is 0 Å². The average molecular weight is 204 g/mol. The van der Waals surface area contributed by atoms with Gasteiger partial charge in [-0.25, -0.2) is 0 Å². The summed E-state index contributed by atoms with van der Waals surface area (Å²) in [7, 11) is 0. The van der Waals surface area contributed by atoms with Crippen LogP contribution in [0.1, 0.15) is 20.3 Å². The standard InChI is InChI=1S/C13H20N2/c1-10-6-11(2)9-15(8-10)13-5-3-4-12(14)7-13/h3-5,7,10-11H,6,8-9,14H2,1-2H3/t10-,11-/m1/s1. The van der Waals surface area contributed by atoms with Crippen LogP contribution in [0.3, 0.4) is 0 Å². The molecule has 2 nitrogen and oxygen atoms in total. The minimum Gasteiger partial charge on any atom is -0.399 e. The molecule has 2 rings (SSSR count). The van der Waals surface area contributed by atoms with Crippen LogP contribution >= 0.6 is 0 Å². The lowest BCUT2D eigenvalue weighted by molar-refractivity contribution is 0.357. The van der Waals surface area contributed by atoms with Gasteiger partial charge in [-0.3, -0.25) is 0 Å². The van der Waals surface area contributed by atoms with Crippen molar-refractivity contribution in [2.24, 2.45) is 11.8 Å². The van der Waals surface area contributed by atoms with E-state index < -0.39 is 0 Å². The number of anilines is 2. The molecule has 1 aromatic rings. The molecule has 1 heterocycles. The summed E-state index contributed by atoms with van der Waals surface area (Å²) in [6.45, 7) is 6.98. The van der Waals surface area contributed by atoms with Gasteiger partial charge >= 0.3 is 0 Å². The van der Waals surface area contributed by atoms with Gasteiger partial charge < -0.3 is 10.6 Å². The van der Waals surface area contributed by atoms with Crippen molar-refractivity contribution in [2.75, 3.05) is 23.7 Å². The Kier molecular flexibility index (Phi) is 2.85. The minimum absolute atomic E-state index is 0.787. The molecule has 0 aliphatic carbocycles. The molecule has 2 atom stereocenters. The van der Waals surface area contributed by atoms with Crippen LogP contribution in [-0.2, 0) is 0 Å². The van der Waals surface area contributed by atoms with E-state index in [2.05, 4.69) is 30.9 Å². The number of nitrogen functional groups attached to an aromatic ring is 1. The lowest BCUT2D eigenvalue weighted by atomic mass is 9.91. The van der Waals surface area contributed by atoms with Crippen LogP contribution in [0, 0.1) is 11.8 Å². The second kappa shape index (κ2) is 4.13. The minimum atomic E-state index is 0.787. The maximum absolute atomic E-state index is 5.81. The second-order valence-electron chi connectivity index (χ2n) is 4.95. The third-order valence-electron chi connectivity index (χ3n) is 3.10. The molecule has 1 fully saturated rings. The summed E-state index contributed by atoms with van der Waals surface area (Å²) in [6.07, 6.45) is 1.35. The first-order valence-electron chi connectivity index (χ1n) is 5.75. The number of nitrogens with two attached hydrogens (primary N) is 1. The molecule has 15 heavy (non-hydrogen) atoms. The van der Waals surface area contributed by atoms with Crippen LogP contribution in [0.15, 0.2) is 24.3 Å². The van der Waals surface area contributed by atoms with Crippen LogP contribution < -0.4 is 10.6 Å². The molecular formula is C13H20N2. The lowest BCUT2D eigenvalue weighted by Crippen LogP contribution is -2.38. The Bertz CT molecular complexity index is 325. The van der Waals surface area contributed by atoms with Crippen LogP contribution in [0.5, 0.6) is 0 Å². The maximum atomic E-state index is 5.81. The molecule has 0 unspecified atom stereocenters. The second-order valence-corrected chi connectivity index (χ2v) is 4.95. The van der Waals surface area contributed by atoms with Gasteiger partial charge in [-0.15, -0.1) is 0 Å². The Labute approximate surface area is 92.1 Å². The third kappa shape index (κ3) is 2.44. The predicted octanol–water partition coefficient (Wildman–Crippen LogP) is 2.75. The van der Waals surface area contributed by atoms with Crippen molar-refractivity contribution in [3.05, 3.63) is 24.3 Å². The molecule has 1 aliphatic heterocycles. The van der Waals surface area contributed by atoms with E-state index >= 15 is 0 Å². The van der Waals surface area contributed by atoms with Gasteiger partial charge in [0.25, 0.3) is 0 Å². The first-order chi connectivity index (χ1) is 7.15. The Hall–Kier alpha value is -1.18. The molecule has 0 spiro atoms. The Morgan fingerprint density at radius 3 is 2.47 bits per heavy atom. The van der Waals surface area contributed by atoms with Crippen molar-refractivity contribution in [1.82, 2.24) is 0 Å². The zero-order valence-corrected chi connectivity index (χ0v) is 9.61. The fraction of sp³-hybridized carbons (Fsp3) is 0.538. The molecule has 1 aliphatic rings. The van der Waals surface area contributed by atoms with Crippen molar-refractivity contribution in [3.8, 4) is 0 Å². The highest BCUT2D eigenvalue weighted by Crippen LogP contribution is 2.26. The van der Waals surface area contributed by atoms with E-state index in [1.807, 2.05) is 12.1 Å². The van der Waals surface area contributed by atoms with Crippen molar-refractivity contribution in [1.29, 1.82) is 0 Å². The van der Waals surface area contributed by atoms with Crippen molar-refractivity contribution < 1.29 is 0 Å². The molecule has 82 valence electrons. The largest absolute Gasteiger partial charge is 0.399 e. The Morgan fingerprint density at radius 2 is 1.87 bits per heavy atom. The van der Waals surface area contributed by atoms with Gasteiger partial charge in [0.15, 0.2) is 0 Å². The number of nitrogens with zero attached hydrogens (tertiary/aromatic N) is 1. The number of hydrogen-bond donors (Lipinski definition) is 1. The summed E-state index contributed by atoms with van der Waals surface area (Å²) in [5, 5.41) is 0.